The van der Waals surface area contributed by atoms with Crippen molar-refractivity contribution in [2.24, 2.45) is 5.92 Å². The average Bonchev–Trinajstić information content (AvgIpc) is 2.37. The third-order valence-electron chi connectivity index (χ3n) is 3.70. The lowest BCUT2D eigenvalue weighted by atomic mass is 9.87. The molecular formula is C15H21NO2. The maximum absolute atomic E-state index is 12.5. The van der Waals surface area contributed by atoms with Gasteiger partial charge in [-0.25, -0.2) is 4.98 Å². The Morgan fingerprint density at radius 3 is 2.56 bits per heavy atom. The molecule has 2 rings (SSSR count). The van der Waals surface area contributed by atoms with Crippen LogP contribution in [0.15, 0.2) is 18.3 Å². The van der Waals surface area contributed by atoms with Crippen LogP contribution < -0.4 is 4.74 Å². The maximum atomic E-state index is 12.5. The maximum Gasteiger partial charge on any atom is 0.188 e. The van der Waals surface area contributed by atoms with E-state index in [4.69, 9.17) is 4.74 Å². The Balaban J connectivity index is 2.13. The summed E-state index contributed by atoms with van der Waals surface area (Å²) in [5.41, 5.74) is 0.505. The van der Waals surface area contributed by atoms with E-state index in [1.54, 1.807) is 19.4 Å². The third-order valence-corrected chi connectivity index (χ3v) is 3.70. The molecule has 0 bridgehead atoms. The molecule has 1 aromatic rings. The molecule has 1 saturated carbocycles. The van der Waals surface area contributed by atoms with Gasteiger partial charge in [0.05, 0.1) is 7.11 Å². The number of hydrogen-bond donors (Lipinski definition) is 0. The van der Waals surface area contributed by atoms with E-state index in [1.165, 1.54) is 19.3 Å². The van der Waals surface area contributed by atoms with Crippen molar-refractivity contribution in [1.82, 2.24) is 4.98 Å². The van der Waals surface area contributed by atoms with Gasteiger partial charge in [-0.05, 0) is 25.0 Å². The normalized spacial score (nSPS) is 17.8. The van der Waals surface area contributed by atoms with Gasteiger partial charge in [0.15, 0.2) is 5.78 Å². The highest BCUT2D eigenvalue weighted by Crippen LogP contribution is 2.27. The van der Waals surface area contributed by atoms with Gasteiger partial charge in [0, 0.05) is 12.1 Å². The average molecular weight is 247 g/mol. The Bertz CT molecular complexity index is 395. The van der Waals surface area contributed by atoms with Gasteiger partial charge in [0.1, 0.15) is 11.4 Å². The van der Waals surface area contributed by atoms with E-state index in [9.17, 15) is 4.79 Å². The van der Waals surface area contributed by atoms with Crippen LogP contribution >= 0.6 is 0 Å². The van der Waals surface area contributed by atoms with E-state index in [0.29, 0.717) is 11.4 Å². The Hall–Kier alpha value is -1.38. The van der Waals surface area contributed by atoms with E-state index < -0.39 is 0 Å². The molecule has 0 aromatic carbocycles. The molecule has 3 heteroatoms. The summed E-state index contributed by atoms with van der Waals surface area (Å²) in [6.45, 7) is 0. The van der Waals surface area contributed by atoms with Crippen molar-refractivity contribution in [2.45, 2.75) is 44.9 Å². The molecule has 18 heavy (non-hydrogen) atoms. The molecule has 0 amide bonds. The monoisotopic (exact) mass is 247 g/mol. The van der Waals surface area contributed by atoms with E-state index in [-0.39, 0.29) is 11.7 Å². The van der Waals surface area contributed by atoms with E-state index >= 15 is 0 Å². The van der Waals surface area contributed by atoms with Crippen LogP contribution in [0.2, 0.25) is 0 Å². The van der Waals surface area contributed by atoms with Crippen molar-refractivity contribution in [2.75, 3.05) is 7.11 Å². The summed E-state index contributed by atoms with van der Waals surface area (Å²) in [4.78, 5) is 16.7. The SMILES string of the molecule is COc1cccnc1C(=O)C1CCCCCCC1. The number of Topliss-reactive ketones (excluding diaryl/α,β-unsaturated/α-hetero) is 1. The van der Waals surface area contributed by atoms with Crippen LogP contribution in [0.5, 0.6) is 5.75 Å². The lowest BCUT2D eigenvalue weighted by Crippen LogP contribution is -2.18. The molecule has 1 aromatic heterocycles. The molecule has 0 radical (unpaired) electrons. The minimum Gasteiger partial charge on any atom is -0.494 e. The molecule has 3 nitrogen and oxygen atoms in total. The zero-order valence-electron chi connectivity index (χ0n) is 11.0. The van der Waals surface area contributed by atoms with Crippen LogP contribution in [-0.2, 0) is 0 Å². The second-order valence-corrected chi connectivity index (χ2v) is 4.96. The first-order chi connectivity index (χ1) is 8.83. The van der Waals surface area contributed by atoms with Crippen molar-refractivity contribution in [1.29, 1.82) is 0 Å². The molecule has 0 spiro atoms. The van der Waals surface area contributed by atoms with Gasteiger partial charge in [0.2, 0.25) is 0 Å². The molecular weight excluding hydrogens is 226 g/mol. The standard InChI is InChI=1S/C15H21NO2/c1-18-13-10-7-11-16-14(13)15(17)12-8-5-3-2-4-6-9-12/h7,10-12H,2-6,8-9H2,1H3. The van der Waals surface area contributed by atoms with Crippen LogP contribution in [0.25, 0.3) is 0 Å². The highest BCUT2D eigenvalue weighted by Gasteiger charge is 2.24. The zero-order chi connectivity index (χ0) is 12.8. The van der Waals surface area contributed by atoms with Crippen LogP contribution in [0.4, 0.5) is 0 Å². The van der Waals surface area contributed by atoms with Gasteiger partial charge in [-0.3, -0.25) is 4.79 Å². The molecule has 1 heterocycles. The fourth-order valence-electron chi connectivity index (χ4n) is 2.65. The van der Waals surface area contributed by atoms with Gasteiger partial charge < -0.3 is 4.74 Å². The molecule has 0 N–H and O–H groups in total. The molecule has 1 aliphatic carbocycles. The summed E-state index contributed by atoms with van der Waals surface area (Å²) in [5.74, 6) is 0.896. The summed E-state index contributed by atoms with van der Waals surface area (Å²) in [7, 11) is 1.59. The highest BCUT2D eigenvalue weighted by atomic mass is 16.5. The number of carbonyl (C=O) groups is 1. The summed E-state index contributed by atoms with van der Waals surface area (Å²) < 4.78 is 5.23. The Morgan fingerprint density at radius 2 is 1.89 bits per heavy atom. The summed E-state index contributed by atoms with van der Waals surface area (Å²) in [6, 6.07) is 3.61. The van der Waals surface area contributed by atoms with Gasteiger partial charge in [0.25, 0.3) is 0 Å². The lowest BCUT2D eigenvalue weighted by molar-refractivity contribution is 0.0889. The molecule has 0 aliphatic heterocycles. The fraction of sp³-hybridized carbons (Fsp3) is 0.600. The van der Waals surface area contributed by atoms with Crippen molar-refractivity contribution in [3.63, 3.8) is 0 Å². The number of ketones is 1. The second kappa shape index (κ2) is 6.53. The van der Waals surface area contributed by atoms with Crippen LogP contribution in [0.3, 0.4) is 0 Å². The van der Waals surface area contributed by atoms with Crippen LogP contribution in [0, 0.1) is 5.92 Å². The molecule has 1 fully saturated rings. The summed E-state index contributed by atoms with van der Waals surface area (Å²) in [5, 5.41) is 0. The highest BCUT2D eigenvalue weighted by molar-refractivity contribution is 5.98. The van der Waals surface area contributed by atoms with Crippen molar-refractivity contribution in [3.8, 4) is 5.75 Å². The minimum atomic E-state index is 0.133. The Kier molecular flexibility index (Phi) is 4.73. The van der Waals surface area contributed by atoms with E-state index in [1.807, 2.05) is 6.07 Å². The fourth-order valence-corrected chi connectivity index (χ4v) is 2.65. The summed E-state index contributed by atoms with van der Waals surface area (Å²) >= 11 is 0. The molecule has 1 aliphatic rings. The minimum absolute atomic E-state index is 0.133. The number of aromatic nitrogens is 1. The molecule has 0 saturated heterocycles. The first kappa shape index (κ1) is 13.1. The van der Waals surface area contributed by atoms with Crippen molar-refractivity contribution in [3.05, 3.63) is 24.0 Å². The quantitative estimate of drug-likeness (QED) is 0.765. The smallest absolute Gasteiger partial charge is 0.188 e. The van der Waals surface area contributed by atoms with E-state index in [2.05, 4.69) is 4.98 Å². The number of methoxy groups -OCH3 is 1. The molecule has 0 atom stereocenters. The van der Waals surface area contributed by atoms with Crippen LogP contribution in [0.1, 0.15) is 55.4 Å². The molecule has 0 unspecified atom stereocenters. The molecule has 98 valence electrons. The van der Waals surface area contributed by atoms with Crippen LogP contribution in [-0.4, -0.2) is 17.9 Å². The number of hydrogen-bond acceptors (Lipinski definition) is 3. The second-order valence-electron chi connectivity index (χ2n) is 4.96. The zero-order valence-corrected chi connectivity index (χ0v) is 11.0. The predicted molar refractivity (Wildman–Crippen MR) is 70.9 cm³/mol. The Labute approximate surface area is 109 Å². The van der Waals surface area contributed by atoms with Gasteiger partial charge in [-0.15, -0.1) is 0 Å². The first-order valence-corrected chi connectivity index (χ1v) is 6.86. The number of ether oxygens (including phenoxy) is 1. The Morgan fingerprint density at radius 1 is 1.22 bits per heavy atom. The van der Waals surface area contributed by atoms with Gasteiger partial charge >= 0.3 is 0 Å². The lowest BCUT2D eigenvalue weighted by Gasteiger charge is -2.18. The van der Waals surface area contributed by atoms with Crippen molar-refractivity contribution >= 4 is 5.78 Å². The first-order valence-electron chi connectivity index (χ1n) is 6.86. The van der Waals surface area contributed by atoms with Crippen molar-refractivity contribution < 1.29 is 9.53 Å². The van der Waals surface area contributed by atoms with E-state index in [0.717, 1.165) is 25.7 Å². The van der Waals surface area contributed by atoms with Gasteiger partial charge in [-0.2, -0.15) is 0 Å². The van der Waals surface area contributed by atoms with Gasteiger partial charge in [-0.1, -0.05) is 32.1 Å². The summed E-state index contributed by atoms with van der Waals surface area (Å²) in [6.07, 6.45) is 9.80. The number of rotatable bonds is 3. The largest absolute Gasteiger partial charge is 0.494 e. The third kappa shape index (κ3) is 3.09. The number of nitrogens with zero attached hydrogens (tertiary/aromatic N) is 1. The topological polar surface area (TPSA) is 39.2 Å². The number of carbonyl (C=O) groups excluding carboxylic acids is 1. The number of pyridine rings is 1. The predicted octanol–water partition coefficient (Wildman–Crippen LogP) is 3.63.